The molecule has 1 aromatic heterocycles. The summed E-state index contributed by atoms with van der Waals surface area (Å²) < 4.78 is 23.5. The molecule has 7 nitrogen and oxygen atoms in total. The van der Waals surface area contributed by atoms with Crippen LogP contribution in [-0.4, -0.2) is 30.6 Å². The molecule has 0 bridgehead atoms. The lowest BCUT2D eigenvalue weighted by molar-refractivity contribution is 0.0919. The van der Waals surface area contributed by atoms with Gasteiger partial charge in [0.1, 0.15) is 4.90 Å². The third-order valence-electron chi connectivity index (χ3n) is 3.68. The van der Waals surface area contributed by atoms with E-state index in [1.807, 2.05) is 20.8 Å². The zero-order valence-corrected chi connectivity index (χ0v) is 13.9. The Labute approximate surface area is 125 Å². The molecule has 1 amide bonds. The fraction of sp³-hybridized carbons (Fsp3) is 0.692. The molecule has 0 spiro atoms. The Kier molecular flexibility index (Phi) is 5.52. The van der Waals surface area contributed by atoms with E-state index in [1.165, 1.54) is 0 Å². The summed E-state index contributed by atoms with van der Waals surface area (Å²) in [5.74, 6) is -0.398. The monoisotopic (exact) mass is 316 g/mol. The third kappa shape index (κ3) is 4.04. The molecular formula is C13H24N4O3S. The van der Waals surface area contributed by atoms with Crippen LogP contribution >= 0.6 is 0 Å². The van der Waals surface area contributed by atoms with Gasteiger partial charge < -0.3 is 5.32 Å². The zero-order valence-electron chi connectivity index (χ0n) is 13.1. The summed E-state index contributed by atoms with van der Waals surface area (Å²) in [4.78, 5) is 12.0. The SMILES string of the molecule is CCC(C)C(C)NC(=O)c1n[nH]c(C(C)C)c1S(N)(=O)=O. The van der Waals surface area contributed by atoms with Gasteiger partial charge in [0.2, 0.25) is 10.0 Å². The number of nitrogens with zero attached hydrogens (tertiary/aromatic N) is 1. The largest absolute Gasteiger partial charge is 0.348 e. The summed E-state index contributed by atoms with van der Waals surface area (Å²) in [6.07, 6.45) is 0.904. The van der Waals surface area contributed by atoms with Crippen LogP contribution in [0.5, 0.6) is 0 Å². The zero-order chi connectivity index (χ0) is 16.4. The Morgan fingerprint density at radius 2 is 1.90 bits per heavy atom. The Hall–Kier alpha value is -1.41. The normalized spacial score (nSPS) is 15.0. The molecular weight excluding hydrogens is 292 g/mol. The Bertz CT molecular complexity index is 607. The fourth-order valence-electron chi connectivity index (χ4n) is 1.95. The maximum Gasteiger partial charge on any atom is 0.273 e. The number of aromatic nitrogens is 2. The summed E-state index contributed by atoms with van der Waals surface area (Å²) in [6, 6.07) is -0.0879. The van der Waals surface area contributed by atoms with Crippen molar-refractivity contribution in [2.45, 2.75) is 57.9 Å². The number of primary sulfonamides is 1. The summed E-state index contributed by atoms with van der Waals surface area (Å²) in [5, 5.41) is 14.5. The first-order chi connectivity index (χ1) is 9.59. The van der Waals surface area contributed by atoms with Gasteiger partial charge in [-0.25, -0.2) is 13.6 Å². The van der Waals surface area contributed by atoms with Crippen LogP contribution in [0.1, 0.15) is 63.1 Å². The molecule has 1 aromatic rings. The van der Waals surface area contributed by atoms with Crippen molar-refractivity contribution in [3.8, 4) is 0 Å². The van der Waals surface area contributed by atoms with Gasteiger partial charge in [-0.15, -0.1) is 0 Å². The molecule has 0 saturated heterocycles. The van der Waals surface area contributed by atoms with Gasteiger partial charge in [0.15, 0.2) is 5.69 Å². The average Bonchev–Trinajstić information content (AvgIpc) is 2.82. The van der Waals surface area contributed by atoms with E-state index in [2.05, 4.69) is 15.5 Å². The molecule has 2 unspecified atom stereocenters. The van der Waals surface area contributed by atoms with E-state index in [9.17, 15) is 13.2 Å². The highest BCUT2D eigenvalue weighted by molar-refractivity contribution is 7.89. The Balaban J connectivity index is 3.17. The van der Waals surface area contributed by atoms with E-state index in [4.69, 9.17) is 5.14 Å². The van der Waals surface area contributed by atoms with Crippen LogP contribution in [0.3, 0.4) is 0 Å². The van der Waals surface area contributed by atoms with Crippen molar-refractivity contribution < 1.29 is 13.2 Å². The Morgan fingerprint density at radius 3 is 2.33 bits per heavy atom. The van der Waals surface area contributed by atoms with Crippen LogP contribution in [-0.2, 0) is 10.0 Å². The van der Waals surface area contributed by atoms with Crippen LogP contribution in [0.15, 0.2) is 4.90 Å². The minimum absolute atomic E-state index is 0.0879. The maximum atomic E-state index is 12.3. The fourth-order valence-corrected chi connectivity index (χ4v) is 2.95. The lowest BCUT2D eigenvalue weighted by Crippen LogP contribution is -2.38. The van der Waals surface area contributed by atoms with Gasteiger partial charge in [0, 0.05) is 6.04 Å². The van der Waals surface area contributed by atoms with Crippen LogP contribution in [0.4, 0.5) is 0 Å². The number of rotatable bonds is 6. The van der Waals surface area contributed by atoms with Crippen molar-refractivity contribution in [1.82, 2.24) is 15.5 Å². The van der Waals surface area contributed by atoms with Crippen molar-refractivity contribution >= 4 is 15.9 Å². The lowest BCUT2D eigenvalue weighted by Gasteiger charge is -2.19. The lowest BCUT2D eigenvalue weighted by atomic mass is 10.0. The van der Waals surface area contributed by atoms with E-state index >= 15 is 0 Å². The number of nitrogens with one attached hydrogen (secondary N) is 2. The smallest absolute Gasteiger partial charge is 0.273 e. The third-order valence-corrected chi connectivity index (χ3v) is 4.66. The van der Waals surface area contributed by atoms with Gasteiger partial charge in [-0.1, -0.05) is 34.1 Å². The first-order valence-electron chi connectivity index (χ1n) is 7.01. The molecule has 4 N–H and O–H groups in total. The number of nitrogens with two attached hydrogens (primary N) is 1. The van der Waals surface area contributed by atoms with E-state index in [-0.39, 0.29) is 28.5 Å². The number of hydrogen-bond donors (Lipinski definition) is 3. The minimum atomic E-state index is -4.03. The van der Waals surface area contributed by atoms with Gasteiger partial charge >= 0.3 is 0 Å². The first kappa shape index (κ1) is 17.6. The topological polar surface area (TPSA) is 118 Å². The first-order valence-corrected chi connectivity index (χ1v) is 8.56. The second kappa shape index (κ2) is 6.57. The van der Waals surface area contributed by atoms with Crippen LogP contribution < -0.4 is 10.5 Å². The van der Waals surface area contributed by atoms with Gasteiger partial charge in [0.25, 0.3) is 5.91 Å². The van der Waals surface area contributed by atoms with Crippen LogP contribution in [0.25, 0.3) is 0 Å². The van der Waals surface area contributed by atoms with E-state index in [0.717, 1.165) is 6.42 Å². The molecule has 0 radical (unpaired) electrons. The molecule has 0 fully saturated rings. The summed E-state index contributed by atoms with van der Waals surface area (Å²) >= 11 is 0. The number of sulfonamides is 1. The van der Waals surface area contributed by atoms with Crippen molar-refractivity contribution in [2.24, 2.45) is 11.1 Å². The summed E-state index contributed by atoms with van der Waals surface area (Å²) in [6.45, 7) is 9.50. The number of carbonyl (C=O) groups is 1. The Morgan fingerprint density at radius 1 is 1.33 bits per heavy atom. The molecule has 8 heteroatoms. The van der Waals surface area contributed by atoms with Crippen molar-refractivity contribution in [1.29, 1.82) is 0 Å². The highest BCUT2D eigenvalue weighted by Crippen LogP contribution is 2.24. The number of hydrogen-bond acceptors (Lipinski definition) is 4. The predicted molar refractivity (Wildman–Crippen MR) is 80.4 cm³/mol. The summed E-state index contributed by atoms with van der Waals surface area (Å²) in [7, 11) is -4.03. The van der Waals surface area contributed by atoms with Crippen LogP contribution in [0.2, 0.25) is 0 Å². The second-order valence-corrected chi connectivity index (χ2v) is 7.16. The number of carbonyl (C=O) groups excluding carboxylic acids is 1. The predicted octanol–water partition coefficient (Wildman–Crippen LogP) is 1.34. The van der Waals surface area contributed by atoms with Gasteiger partial charge in [0.05, 0.1) is 5.69 Å². The minimum Gasteiger partial charge on any atom is -0.348 e. The van der Waals surface area contributed by atoms with Gasteiger partial charge in [-0.3, -0.25) is 9.89 Å². The summed E-state index contributed by atoms with van der Waals surface area (Å²) in [5.41, 5.74) is 0.176. The highest BCUT2D eigenvalue weighted by atomic mass is 32.2. The molecule has 0 aromatic carbocycles. The average molecular weight is 316 g/mol. The molecule has 0 aliphatic rings. The van der Waals surface area contributed by atoms with Gasteiger partial charge in [-0.2, -0.15) is 5.10 Å². The molecule has 120 valence electrons. The quantitative estimate of drug-likeness (QED) is 0.734. The van der Waals surface area contributed by atoms with Crippen molar-refractivity contribution in [3.05, 3.63) is 11.4 Å². The van der Waals surface area contributed by atoms with Crippen molar-refractivity contribution in [2.75, 3.05) is 0 Å². The van der Waals surface area contributed by atoms with Gasteiger partial charge in [-0.05, 0) is 18.8 Å². The molecule has 2 atom stereocenters. The van der Waals surface area contributed by atoms with Crippen molar-refractivity contribution in [3.63, 3.8) is 0 Å². The molecule has 1 rings (SSSR count). The number of amides is 1. The second-order valence-electron chi connectivity index (χ2n) is 5.66. The molecule has 0 aliphatic carbocycles. The number of aromatic amines is 1. The molecule has 0 aliphatic heterocycles. The maximum absolute atomic E-state index is 12.3. The van der Waals surface area contributed by atoms with E-state index in [0.29, 0.717) is 5.69 Å². The highest BCUT2D eigenvalue weighted by Gasteiger charge is 2.29. The van der Waals surface area contributed by atoms with E-state index < -0.39 is 15.9 Å². The molecule has 21 heavy (non-hydrogen) atoms. The van der Waals surface area contributed by atoms with Crippen LogP contribution in [0, 0.1) is 5.92 Å². The standard InChI is InChI=1S/C13H24N4O3S/c1-6-8(4)9(5)15-13(18)11-12(21(14,19)20)10(7(2)3)16-17-11/h7-9H,6H2,1-5H3,(H,15,18)(H,16,17)(H2,14,19,20). The molecule has 0 saturated carbocycles. The molecule has 1 heterocycles. The number of H-pyrrole nitrogens is 1. The van der Waals surface area contributed by atoms with E-state index in [1.54, 1.807) is 13.8 Å².